The number of aliphatic hydroxyl groups is 1. The van der Waals surface area contributed by atoms with Crippen LogP contribution >= 0.6 is 22.6 Å². The molecular formula is C8H8FIO2. The summed E-state index contributed by atoms with van der Waals surface area (Å²) in [6.45, 7) is 0.131. The average molecular weight is 282 g/mol. The molecule has 0 saturated carbocycles. The van der Waals surface area contributed by atoms with Crippen molar-refractivity contribution in [3.05, 3.63) is 27.6 Å². The second-order valence-electron chi connectivity index (χ2n) is 2.15. The van der Waals surface area contributed by atoms with E-state index in [4.69, 9.17) is 9.84 Å². The summed E-state index contributed by atoms with van der Waals surface area (Å²) in [5.41, 5.74) is 0. The maximum Gasteiger partial charge on any atom is 0.135 e. The third kappa shape index (κ3) is 2.60. The van der Waals surface area contributed by atoms with Crippen molar-refractivity contribution in [2.75, 3.05) is 13.2 Å². The van der Waals surface area contributed by atoms with Crippen LogP contribution in [-0.4, -0.2) is 18.3 Å². The molecule has 0 aromatic heterocycles. The summed E-state index contributed by atoms with van der Waals surface area (Å²) in [5, 5.41) is 8.47. The maximum atomic E-state index is 12.6. The van der Waals surface area contributed by atoms with Crippen LogP contribution in [0.2, 0.25) is 0 Å². The van der Waals surface area contributed by atoms with Crippen molar-refractivity contribution < 1.29 is 14.2 Å². The van der Waals surface area contributed by atoms with Gasteiger partial charge in [-0.3, -0.25) is 0 Å². The van der Waals surface area contributed by atoms with Crippen molar-refractivity contribution in [1.29, 1.82) is 0 Å². The van der Waals surface area contributed by atoms with Crippen LogP contribution in [0.25, 0.3) is 0 Å². The maximum absolute atomic E-state index is 12.6. The Bertz CT molecular complexity index is 265. The zero-order valence-electron chi connectivity index (χ0n) is 6.26. The van der Waals surface area contributed by atoms with Crippen LogP contribution in [0.1, 0.15) is 0 Å². The van der Waals surface area contributed by atoms with E-state index in [1.54, 1.807) is 6.07 Å². The zero-order chi connectivity index (χ0) is 8.97. The lowest BCUT2D eigenvalue weighted by Gasteiger charge is -2.05. The van der Waals surface area contributed by atoms with Gasteiger partial charge in [0.25, 0.3) is 0 Å². The van der Waals surface area contributed by atoms with Crippen LogP contribution in [0.4, 0.5) is 4.39 Å². The van der Waals surface area contributed by atoms with Gasteiger partial charge in [0.1, 0.15) is 18.2 Å². The van der Waals surface area contributed by atoms with Crippen molar-refractivity contribution in [3.8, 4) is 5.75 Å². The fourth-order valence-electron chi connectivity index (χ4n) is 0.743. The third-order valence-corrected chi connectivity index (χ3v) is 2.13. The van der Waals surface area contributed by atoms with Gasteiger partial charge >= 0.3 is 0 Å². The van der Waals surface area contributed by atoms with Gasteiger partial charge in [0.2, 0.25) is 0 Å². The van der Waals surface area contributed by atoms with E-state index >= 15 is 0 Å². The Morgan fingerprint density at radius 1 is 1.50 bits per heavy atom. The summed E-state index contributed by atoms with van der Waals surface area (Å²) >= 11 is 2.04. The van der Waals surface area contributed by atoms with Crippen molar-refractivity contribution in [1.82, 2.24) is 0 Å². The molecule has 0 radical (unpaired) electrons. The van der Waals surface area contributed by atoms with Crippen LogP contribution < -0.4 is 4.74 Å². The molecule has 0 fully saturated rings. The Kier molecular flexibility index (Phi) is 3.74. The van der Waals surface area contributed by atoms with Crippen molar-refractivity contribution in [2.45, 2.75) is 0 Å². The van der Waals surface area contributed by atoms with E-state index in [2.05, 4.69) is 0 Å². The standard InChI is InChI=1S/C8H8FIO2/c9-6-1-2-7(10)8(5-6)12-4-3-11/h1-2,5,11H,3-4H2. The molecular weight excluding hydrogens is 274 g/mol. The van der Waals surface area contributed by atoms with Crippen LogP contribution in [-0.2, 0) is 0 Å². The van der Waals surface area contributed by atoms with Gasteiger partial charge in [0.15, 0.2) is 0 Å². The van der Waals surface area contributed by atoms with Gasteiger partial charge in [0, 0.05) is 6.07 Å². The smallest absolute Gasteiger partial charge is 0.135 e. The number of ether oxygens (including phenoxy) is 1. The van der Waals surface area contributed by atoms with E-state index < -0.39 is 0 Å². The summed E-state index contributed by atoms with van der Waals surface area (Å²) in [6.07, 6.45) is 0. The minimum absolute atomic E-state index is 0.0629. The van der Waals surface area contributed by atoms with E-state index in [0.717, 1.165) is 3.57 Å². The van der Waals surface area contributed by atoms with Gasteiger partial charge < -0.3 is 9.84 Å². The van der Waals surface area contributed by atoms with E-state index in [-0.39, 0.29) is 19.0 Å². The molecule has 0 atom stereocenters. The summed E-state index contributed by atoms with van der Waals surface area (Å²) < 4.78 is 18.5. The Balaban J connectivity index is 2.75. The minimum Gasteiger partial charge on any atom is -0.490 e. The van der Waals surface area contributed by atoms with E-state index in [0.29, 0.717) is 5.75 Å². The molecule has 0 saturated heterocycles. The summed E-state index contributed by atoms with van der Waals surface area (Å²) in [5.74, 6) is 0.146. The lowest BCUT2D eigenvalue weighted by Crippen LogP contribution is -2.02. The molecule has 66 valence electrons. The second kappa shape index (κ2) is 4.61. The monoisotopic (exact) mass is 282 g/mol. The molecule has 0 aliphatic rings. The Morgan fingerprint density at radius 2 is 2.25 bits per heavy atom. The predicted octanol–water partition coefficient (Wildman–Crippen LogP) is 1.80. The van der Waals surface area contributed by atoms with Crippen LogP contribution in [0, 0.1) is 9.39 Å². The predicted molar refractivity (Wildman–Crippen MR) is 51.7 cm³/mol. The Morgan fingerprint density at radius 3 is 2.92 bits per heavy atom. The lowest BCUT2D eigenvalue weighted by atomic mass is 10.3. The third-order valence-electron chi connectivity index (χ3n) is 1.24. The van der Waals surface area contributed by atoms with E-state index in [1.807, 2.05) is 22.6 Å². The molecule has 4 heteroatoms. The second-order valence-corrected chi connectivity index (χ2v) is 3.31. The number of hydrogen-bond acceptors (Lipinski definition) is 2. The van der Waals surface area contributed by atoms with Crippen molar-refractivity contribution in [3.63, 3.8) is 0 Å². The van der Waals surface area contributed by atoms with Gasteiger partial charge in [-0.05, 0) is 34.7 Å². The first-order valence-corrected chi connectivity index (χ1v) is 4.50. The first-order chi connectivity index (χ1) is 5.74. The fourth-order valence-corrected chi connectivity index (χ4v) is 1.23. The highest BCUT2D eigenvalue weighted by Gasteiger charge is 2.01. The molecule has 1 N–H and O–H groups in total. The molecule has 0 amide bonds. The first kappa shape index (κ1) is 9.73. The van der Waals surface area contributed by atoms with Gasteiger partial charge in [-0.1, -0.05) is 0 Å². The van der Waals surface area contributed by atoms with Gasteiger partial charge in [-0.25, -0.2) is 4.39 Å². The van der Waals surface area contributed by atoms with Gasteiger partial charge in [-0.15, -0.1) is 0 Å². The normalized spacial score (nSPS) is 9.92. The van der Waals surface area contributed by atoms with Crippen LogP contribution in [0.5, 0.6) is 5.75 Å². The van der Waals surface area contributed by atoms with Crippen LogP contribution in [0.15, 0.2) is 18.2 Å². The number of halogens is 2. The largest absolute Gasteiger partial charge is 0.490 e. The van der Waals surface area contributed by atoms with Crippen LogP contribution in [0.3, 0.4) is 0 Å². The number of aliphatic hydroxyl groups excluding tert-OH is 1. The molecule has 0 heterocycles. The SMILES string of the molecule is OCCOc1cc(F)ccc1I. The number of benzene rings is 1. The average Bonchev–Trinajstić information content (AvgIpc) is 2.07. The van der Waals surface area contributed by atoms with Gasteiger partial charge in [-0.2, -0.15) is 0 Å². The lowest BCUT2D eigenvalue weighted by molar-refractivity contribution is 0.200. The highest BCUT2D eigenvalue weighted by molar-refractivity contribution is 14.1. The molecule has 1 rings (SSSR count). The Labute approximate surface area is 83.5 Å². The summed E-state index contributed by atoms with van der Waals surface area (Å²) in [4.78, 5) is 0. The van der Waals surface area contributed by atoms with E-state index in [9.17, 15) is 4.39 Å². The molecule has 0 aliphatic carbocycles. The van der Waals surface area contributed by atoms with Gasteiger partial charge in [0.05, 0.1) is 10.2 Å². The summed E-state index contributed by atoms with van der Waals surface area (Å²) in [6, 6.07) is 4.30. The molecule has 0 aliphatic heterocycles. The molecule has 2 nitrogen and oxygen atoms in total. The topological polar surface area (TPSA) is 29.5 Å². The molecule has 1 aromatic rings. The Hall–Kier alpha value is -0.360. The molecule has 1 aromatic carbocycles. The molecule has 0 bridgehead atoms. The first-order valence-electron chi connectivity index (χ1n) is 3.43. The quantitative estimate of drug-likeness (QED) is 0.857. The summed E-state index contributed by atoms with van der Waals surface area (Å²) in [7, 11) is 0. The van der Waals surface area contributed by atoms with E-state index in [1.165, 1.54) is 12.1 Å². The highest BCUT2D eigenvalue weighted by Crippen LogP contribution is 2.21. The highest BCUT2D eigenvalue weighted by atomic mass is 127. The van der Waals surface area contributed by atoms with Crippen molar-refractivity contribution in [2.24, 2.45) is 0 Å². The zero-order valence-corrected chi connectivity index (χ0v) is 8.42. The molecule has 0 unspecified atom stereocenters. The van der Waals surface area contributed by atoms with Crippen molar-refractivity contribution >= 4 is 22.6 Å². The fraction of sp³-hybridized carbons (Fsp3) is 0.250. The number of rotatable bonds is 3. The number of hydrogen-bond donors (Lipinski definition) is 1. The molecule has 0 spiro atoms. The minimum atomic E-state index is -0.330. The molecule has 12 heavy (non-hydrogen) atoms.